The number of fused-ring (bicyclic) bond motifs is 1. The predicted molar refractivity (Wildman–Crippen MR) is 110 cm³/mol. The second-order valence-corrected chi connectivity index (χ2v) is 10.1. The maximum Gasteiger partial charge on any atom is 0.179 e. The average molecular weight is 405 g/mol. The largest absolute Gasteiger partial charge is 0.392 e. The van der Waals surface area contributed by atoms with Crippen LogP contribution < -0.4 is 0 Å². The van der Waals surface area contributed by atoms with E-state index in [0.717, 1.165) is 24.0 Å². The van der Waals surface area contributed by atoms with E-state index in [1.54, 1.807) is 0 Å². The van der Waals surface area contributed by atoms with Crippen molar-refractivity contribution in [1.29, 1.82) is 0 Å². The Balaban J connectivity index is 2.30. The Morgan fingerprint density at radius 1 is 1.18 bits per heavy atom. The van der Waals surface area contributed by atoms with Crippen LogP contribution in [0.1, 0.15) is 62.1 Å². The summed E-state index contributed by atoms with van der Waals surface area (Å²) in [4.78, 5) is 0.145. The Morgan fingerprint density at radius 3 is 2.57 bits per heavy atom. The van der Waals surface area contributed by atoms with E-state index in [1.807, 2.05) is 38.1 Å². The summed E-state index contributed by atoms with van der Waals surface area (Å²) in [6.07, 6.45) is 2.02. The van der Waals surface area contributed by atoms with Gasteiger partial charge in [0.05, 0.1) is 16.8 Å². The Bertz CT molecular complexity index is 954. The van der Waals surface area contributed by atoms with Crippen molar-refractivity contribution in [3.63, 3.8) is 0 Å². The van der Waals surface area contributed by atoms with E-state index in [1.165, 1.54) is 18.2 Å². The van der Waals surface area contributed by atoms with Gasteiger partial charge in [0.15, 0.2) is 9.84 Å². The van der Waals surface area contributed by atoms with Gasteiger partial charge in [-0.3, -0.25) is 0 Å². The molecule has 1 N–H and O–H groups in total. The molecule has 2 aromatic carbocycles. The maximum atomic E-state index is 14.2. The summed E-state index contributed by atoms with van der Waals surface area (Å²) in [5, 5.41) is 11.6. The monoisotopic (exact) mass is 404 g/mol. The molecule has 28 heavy (non-hydrogen) atoms. The van der Waals surface area contributed by atoms with Crippen molar-refractivity contribution >= 4 is 9.84 Å². The highest BCUT2D eigenvalue weighted by atomic mass is 32.2. The lowest BCUT2D eigenvalue weighted by Crippen LogP contribution is -2.42. The van der Waals surface area contributed by atoms with Crippen molar-refractivity contribution in [3.8, 4) is 0 Å². The summed E-state index contributed by atoms with van der Waals surface area (Å²) in [6, 6.07) is 11.6. The first kappa shape index (κ1) is 21.0. The van der Waals surface area contributed by atoms with Crippen LogP contribution in [0.3, 0.4) is 0 Å². The summed E-state index contributed by atoms with van der Waals surface area (Å²) in [7, 11) is -3.66. The standard InChI is InChI=1S/C23H29FO3S/c1-4-6-12-23(5-2)15-28(26,27)20-11-10-18(24)14-19(20)21(22(23)25)17-9-7-8-16(3)13-17/h7-11,13-14,21-22,25H,4-6,12,15H2,1-3H3/t21-,22?,23?/m1/s1. The van der Waals surface area contributed by atoms with E-state index in [9.17, 15) is 17.9 Å². The van der Waals surface area contributed by atoms with Gasteiger partial charge < -0.3 is 5.11 Å². The zero-order chi connectivity index (χ0) is 20.5. The number of halogens is 1. The summed E-state index contributed by atoms with van der Waals surface area (Å²) in [6.45, 7) is 5.96. The minimum atomic E-state index is -3.66. The van der Waals surface area contributed by atoms with Gasteiger partial charge in [-0.05, 0) is 49.1 Å². The quantitative estimate of drug-likeness (QED) is 0.714. The van der Waals surface area contributed by atoms with Crippen LogP contribution in [0.4, 0.5) is 4.39 Å². The van der Waals surface area contributed by atoms with Crippen molar-refractivity contribution in [2.75, 3.05) is 5.75 Å². The van der Waals surface area contributed by atoms with E-state index in [-0.39, 0.29) is 10.6 Å². The lowest BCUT2D eigenvalue weighted by molar-refractivity contribution is 0.0173. The number of aliphatic hydroxyl groups excluding tert-OH is 1. The second kappa shape index (κ2) is 7.96. The van der Waals surface area contributed by atoms with Crippen molar-refractivity contribution < 1.29 is 17.9 Å². The van der Waals surface area contributed by atoms with Gasteiger partial charge in [-0.2, -0.15) is 0 Å². The molecule has 0 fully saturated rings. The van der Waals surface area contributed by atoms with Gasteiger partial charge in [-0.1, -0.05) is 56.5 Å². The van der Waals surface area contributed by atoms with Gasteiger partial charge in [-0.15, -0.1) is 0 Å². The number of unbranched alkanes of at least 4 members (excludes halogenated alkanes) is 1. The topological polar surface area (TPSA) is 54.4 Å². The first-order valence-corrected chi connectivity index (χ1v) is 11.7. The molecule has 0 amide bonds. The molecule has 0 spiro atoms. The molecular weight excluding hydrogens is 375 g/mol. The van der Waals surface area contributed by atoms with Crippen molar-refractivity contribution in [3.05, 3.63) is 65.0 Å². The molecule has 5 heteroatoms. The number of sulfone groups is 1. The van der Waals surface area contributed by atoms with Crippen LogP contribution in [-0.2, 0) is 9.84 Å². The van der Waals surface area contributed by atoms with Gasteiger partial charge in [0.25, 0.3) is 0 Å². The third kappa shape index (κ3) is 3.74. The van der Waals surface area contributed by atoms with Crippen molar-refractivity contribution in [1.82, 2.24) is 0 Å². The Kier molecular flexibility index (Phi) is 5.97. The van der Waals surface area contributed by atoms with E-state index in [4.69, 9.17) is 0 Å². The number of benzene rings is 2. The van der Waals surface area contributed by atoms with Gasteiger partial charge in [0, 0.05) is 11.3 Å². The summed E-state index contributed by atoms with van der Waals surface area (Å²) in [5.41, 5.74) is 1.44. The minimum absolute atomic E-state index is 0.112. The molecule has 2 aromatic rings. The minimum Gasteiger partial charge on any atom is -0.392 e. The van der Waals surface area contributed by atoms with Crippen LogP contribution in [0.15, 0.2) is 47.4 Å². The molecule has 0 saturated heterocycles. The van der Waals surface area contributed by atoms with E-state index in [0.29, 0.717) is 18.4 Å². The molecule has 3 nitrogen and oxygen atoms in total. The molecular formula is C23H29FO3S. The van der Waals surface area contributed by atoms with Gasteiger partial charge in [-0.25, -0.2) is 12.8 Å². The highest BCUT2D eigenvalue weighted by molar-refractivity contribution is 7.91. The lowest BCUT2D eigenvalue weighted by Gasteiger charge is -2.39. The summed E-state index contributed by atoms with van der Waals surface area (Å²) < 4.78 is 40.8. The van der Waals surface area contributed by atoms with Crippen LogP contribution in [0, 0.1) is 18.2 Å². The van der Waals surface area contributed by atoms with Crippen LogP contribution >= 0.6 is 0 Å². The molecule has 0 radical (unpaired) electrons. The fourth-order valence-electron chi connectivity index (χ4n) is 4.57. The molecule has 152 valence electrons. The summed E-state index contributed by atoms with van der Waals surface area (Å²) in [5.74, 6) is -1.19. The van der Waals surface area contributed by atoms with E-state index < -0.39 is 33.1 Å². The summed E-state index contributed by atoms with van der Waals surface area (Å²) >= 11 is 0. The molecule has 3 atom stereocenters. The molecule has 0 saturated carbocycles. The number of aliphatic hydroxyl groups is 1. The average Bonchev–Trinajstić information content (AvgIpc) is 2.71. The fourth-order valence-corrected chi connectivity index (χ4v) is 6.83. The molecule has 0 bridgehead atoms. The molecule has 1 aliphatic rings. The number of aryl methyl sites for hydroxylation is 1. The van der Waals surface area contributed by atoms with Crippen molar-refractivity contribution in [2.24, 2.45) is 5.41 Å². The highest BCUT2D eigenvalue weighted by Gasteiger charge is 2.48. The van der Waals surface area contributed by atoms with Crippen LogP contribution in [0.25, 0.3) is 0 Å². The normalized spacial score (nSPS) is 26.5. The smallest absolute Gasteiger partial charge is 0.179 e. The molecule has 1 heterocycles. The molecule has 0 aromatic heterocycles. The molecule has 1 aliphatic heterocycles. The Labute approximate surface area is 167 Å². The van der Waals surface area contributed by atoms with Crippen LogP contribution in [0.2, 0.25) is 0 Å². The number of hydrogen-bond acceptors (Lipinski definition) is 3. The molecule has 0 aliphatic carbocycles. The Hall–Kier alpha value is -1.72. The zero-order valence-electron chi connectivity index (χ0n) is 16.8. The van der Waals surface area contributed by atoms with Crippen LogP contribution in [-0.4, -0.2) is 25.4 Å². The first-order valence-electron chi connectivity index (χ1n) is 10.0. The first-order chi connectivity index (χ1) is 13.2. The number of rotatable bonds is 5. The lowest BCUT2D eigenvalue weighted by atomic mass is 9.69. The van der Waals surface area contributed by atoms with Gasteiger partial charge in [0.2, 0.25) is 0 Å². The molecule has 2 unspecified atom stereocenters. The highest BCUT2D eigenvalue weighted by Crippen LogP contribution is 2.48. The molecule has 3 rings (SSSR count). The van der Waals surface area contributed by atoms with E-state index in [2.05, 4.69) is 6.92 Å². The fraction of sp³-hybridized carbons (Fsp3) is 0.478. The second-order valence-electron chi connectivity index (χ2n) is 8.10. The third-order valence-electron chi connectivity index (χ3n) is 6.20. The maximum absolute atomic E-state index is 14.2. The Morgan fingerprint density at radius 2 is 1.93 bits per heavy atom. The SMILES string of the molecule is CCCCC1(CC)CS(=O)(=O)c2ccc(F)cc2[C@@H](c2cccc(C)c2)C1O. The van der Waals surface area contributed by atoms with Gasteiger partial charge in [0.1, 0.15) is 5.82 Å². The zero-order valence-corrected chi connectivity index (χ0v) is 17.6. The number of hydrogen-bond donors (Lipinski definition) is 1. The van der Waals surface area contributed by atoms with Crippen LogP contribution in [0.5, 0.6) is 0 Å². The predicted octanol–water partition coefficient (Wildman–Crippen LogP) is 5.00. The third-order valence-corrected chi connectivity index (χ3v) is 8.19. The van der Waals surface area contributed by atoms with E-state index >= 15 is 0 Å². The van der Waals surface area contributed by atoms with Crippen molar-refractivity contribution in [2.45, 2.75) is 63.4 Å². The van der Waals surface area contributed by atoms with Gasteiger partial charge >= 0.3 is 0 Å².